The molecule has 3 aromatic rings. The van der Waals surface area contributed by atoms with Gasteiger partial charge in [-0.15, -0.1) is 10.2 Å². The first-order valence-electron chi connectivity index (χ1n) is 10.2. The molecule has 1 saturated heterocycles. The number of amides is 2. The third-order valence-electron chi connectivity index (χ3n) is 5.41. The summed E-state index contributed by atoms with van der Waals surface area (Å²) in [6.45, 7) is 2.53. The van der Waals surface area contributed by atoms with Crippen LogP contribution in [0.4, 0.5) is 10.8 Å². The average Bonchev–Trinajstić information content (AvgIpc) is 3.45. The van der Waals surface area contributed by atoms with E-state index in [1.54, 1.807) is 17.0 Å². The SMILES string of the molecule is COc1cc(C(=O)Nc2nnc(C3CC(=O)N(c4ccc(C)cc4)C3)s2)cc(OC)c1OC. The lowest BCUT2D eigenvalue weighted by Gasteiger charge is -2.16. The van der Waals surface area contributed by atoms with Crippen molar-refractivity contribution in [3.8, 4) is 17.2 Å². The number of methoxy groups -OCH3 is 3. The Morgan fingerprint density at radius 1 is 1.06 bits per heavy atom. The van der Waals surface area contributed by atoms with Gasteiger partial charge in [-0.1, -0.05) is 29.0 Å². The third-order valence-corrected chi connectivity index (χ3v) is 6.41. The number of aryl methyl sites for hydroxylation is 1. The molecule has 172 valence electrons. The van der Waals surface area contributed by atoms with Crippen molar-refractivity contribution in [1.29, 1.82) is 0 Å². The molecule has 1 N–H and O–H groups in total. The number of carbonyl (C=O) groups is 2. The number of benzene rings is 2. The van der Waals surface area contributed by atoms with E-state index in [-0.39, 0.29) is 17.7 Å². The van der Waals surface area contributed by atoms with E-state index in [0.29, 0.717) is 45.9 Å². The summed E-state index contributed by atoms with van der Waals surface area (Å²) >= 11 is 1.26. The summed E-state index contributed by atoms with van der Waals surface area (Å²) in [5.74, 6) is 0.728. The van der Waals surface area contributed by atoms with E-state index in [0.717, 1.165) is 11.3 Å². The van der Waals surface area contributed by atoms with E-state index in [1.165, 1.54) is 32.7 Å². The Morgan fingerprint density at radius 3 is 2.33 bits per heavy atom. The summed E-state index contributed by atoms with van der Waals surface area (Å²) in [4.78, 5) is 27.1. The fourth-order valence-electron chi connectivity index (χ4n) is 3.68. The van der Waals surface area contributed by atoms with Gasteiger partial charge in [-0.05, 0) is 31.2 Å². The van der Waals surface area contributed by atoms with Crippen LogP contribution in [0.1, 0.15) is 33.3 Å². The first-order valence-corrected chi connectivity index (χ1v) is 11.1. The van der Waals surface area contributed by atoms with E-state index in [1.807, 2.05) is 31.2 Å². The molecule has 2 heterocycles. The Labute approximate surface area is 195 Å². The van der Waals surface area contributed by atoms with Gasteiger partial charge in [-0.3, -0.25) is 14.9 Å². The van der Waals surface area contributed by atoms with Gasteiger partial charge in [0.15, 0.2) is 11.5 Å². The Hall–Kier alpha value is -3.66. The van der Waals surface area contributed by atoms with E-state index in [2.05, 4.69) is 15.5 Å². The molecule has 2 amide bonds. The average molecular weight is 469 g/mol. The molecular weight excluding hydrogens is 444 g/mol. The number of nitrogens with zero attached hydrogens (tertiary/aromatic N) is 3. The highest BCUT2D eigenvalue weighted by Crippen LogP contribution is 2.39. The lowest BCUT2D eigenvalue weighted by molar-refractivity contribution is -0.117. The Morgan fingerprint density at radius 2 is 1.73 bits per heavy atom. The van der Waals surface area contributed by atoms with Crippen molar-refractivity contribution in [3.05, 3.63) is 52.5 Å². The zero-order valence-electron chi connectivity index (χ0n) is 18.7. The van der Waals surface area contributed by atoms with Gasteiger partial charge >= 0.3 is 0 Å². The molecule has 10 heteroatoms. The first kappa shape index (κ1) is 22.5. The molecule has 1 unspecified atom stereocenters. The second-order valence-corrected chi connectivity index (χ2v) is 8.56. The van der Waals surface area contributed by atoms with Crippen LogP contribution in [-0.2, 0) is 4.79 Å². The highest BCUT2D eigenvalue weighted by Gasteiger charge is 2.34. The van der Waals surface area contributed by atoms with Gasteiger partial charge in [0.25, 0.3) is 5.91 Å². The predicted molar refractivity (Wildman–Crippen MR) is 125 cm³/mol. The van der Waals surface area contributed by atoms with Crippen LogP contribution in [0.2, 0.25) is 0 Å². The van der Waals surface area contributed by atoms with Gasteiger partial charge in [-0.25, -0.2) is 0 Å². The van der Waals surface area contributed by atoms with E-state index >= 15 is 0 Å². The molecule has 33 heavy (non-hydrogen) atoms. The molecule has 0 bridgehead atoms. The van der Waals surface area contributed by atoms with E-state index in [9.17, 15) is 9.59 Å². The lowest BCUT2D eigenvalue weighted by Crippen LogP contribution is -2.24. The molecule has 1 aromatic heterocycles. The molecule has 0 spiro atoms. The molecule has 1 fully saturated rings. The topological polar surface area (TPSA) is 103 Å². The smallest absolute Gasteiger partial charge is 0.257 e. The Balaban J connectivity index is 1.47. The van der Waals surface area contributed by atoms with Crippen molar-refractivity contribution in [3.63, 3.8) is 0 Å². The summed E-state index contributed by atoms with van der Waals surface area (Å²) in [5, 5.41) is 12.1. The number of rotatable bonds is 7. The van der Waals surface area contributed by atoms with Gasteiger partial charge in [0.2, 0.25) is 16.8 Å². The molecule has 1 aliphatic heterocycles. The van der Waals surface area contributed by atoms with Crippen molar-refractivity contribution in [1.82, 2.24) is 10.2 Å². The maximum Gasteiger partial charge on any atom is 0.257 e. The third kappa shape index (κ3) is 4.61. The van der Waals surface area contributed by atoms with Crippen molar-refractivity contribution in [2.75, 3.05) is 38.1 Å². The summed E-state index contributed by atoms with van der Waals surface area (Å²) in [5.41, 5.74) is 2.33. The standard InChI is InChI=1S/C23H24N4O5S/c1-13-5-7-16(8-6-13)27-12-15(11-19(27)28)22-25-26-23(33-22)24-21(29)14-9-17(30-2)20(32-4)18(10-14)31-3/h5-10,15H,11-12H2,1-4H3,(H,24,26,29). The first-order chi connectivity index (χ1) is 15.9. The minimum Gasteiger partial charge on any atom is -0.493 e. The van der Waals surface area contributed by atoms with Crippen LogP contribution in [0.25, 0.3) is 0 Å². The van der Waals surface area contributed by atoms with Crippen molar-refractivity contribution in [2.45, 2.75) is 19.3 Å². The minimum atomic E-state index is -0.388. The van der Waals surface area contributed by atoms with Crippen LogP contribution >= 0.6 is 11.3 Å². The van der Waals surface area contributed by atoms with Crippen LogP contribution in [0.5, 0.6) is 17.2 Å². The van der Waals surface area contributed by atoms with Crippen LogP contribution in [-0.4, -0.2) is 49.9 Å². The quantitative estimate of drug-likeness (QED) is 0.565. The fourth-order valence-corrected chi connectivity index (χ4v) is 4.51. The second-order valence-electron chi connectivity index (χ2n) is 7.55. The number of anilines is 2. The van der Waals surface area contributed by atoms with Gasteiger partial charge in [0.05, 0.1) is 21.3 Å². The summed E-state index contributed by atoms with van der Waals surface area (Å²) in [6, 6.07) is 11.0. The Bertz CT molecular complexity index is 1150. The fraction of sp³-hybridized carbons (Fsp3) is 0.304. The van der Waals surface area contributed by atoms with Gasteiger partial charge < -0.3 is 19.1 Å². The summed E-state index contributed by atoms with van der Waals surface area (Å²) in [7, 11) is 4.47. The molecule has 9 nitrogen and oxygen atoms in total. The maximum absolute atomic E-state index is 12.8. The van der Waals surface area contributed by atoms with Crippen LogP contribution in [0, 0.1) is 6.92 Å². The zero-order chi connectivity index (χ0) is 23.5. The molecule has 0 radical (unpaired) electrons. The molecular formula is C23H24N4O5S. The van der Waals surface area contributed by atoms with E-state index < -0.39 is 0 Å². The normalized spacial score (nSPS) is 15.5. The summed E-state index contributed by atoms with van der Waals surface area (Å²) in [6.07, 6.45) is 0.351. The lowest BCUT2D eigenvalue weighted by atomic mass is 10.1. The van der Waals surface area contributed by atoms with Crippen molar-refractivity contribution >= 4 is 34.0 Å². The highest BCUT2D eigenvalue weighted by atomic mass is 32.1. The van der Waals surface area contributed by atoms with Crippen molar-refractivity contribution < 1.29 is 23.8 Å². The number of nitrogens with one attached hydrogen (secondary N) is 1. The number of carbonyl (C=O) groups excluding carboxylic acids is 2. The molecule has 1 aliphatic rings. The molecule has 0 saturated carbocycles. The monoisotopic (exact) mass is 468 g/mol. The van der Waals surface area contributed by atoms with Gasteiger partial charge in [-0.2, -0.15) is 0 Å². The van der Waals surface area contributed by atoms with Gasteiger partial charge in [0, 0.05) is 30.1 Å². The van der Waals surface area contributed by atoms with Crippen molar-refractivity contribution in [2.24, 2.45) is 0 Å². The number of ether oxygens (including phenoxy) is 3. The summed E-state index contributed by atoms with van der Waals surface area (Å²) < 4.78 is 15.9. The maximum atomic E-state index is 12.8. The minimum absolute atomic E-state index is 0.0436. The molecule has 0 aliphatic carbocycles. The molecule has 2 aromatic carbocycles. The number of hydrogen-bond donors (Lipinski definition) is 1. The molecule has 1 atom stereocenters. The zero-order valence-corrected chi connectivity index (χ0v) is 19.6. The predicted octanol–water partition coefficient (Wildman–Crippen LogP) is 3.65. The number of aromatic nitrogens is 2. The highest BCUT2D eigenvalue weighted by molar-refractivity contribution is 7.15. The largest absolute Gasteiger partial charge is 0.493 e. The van der Waals surface area contributed by atoms with Crippen LogP contribution in [0.3, 0.4) is 0 Å². The van der Waals surface area contributed by atoms with Crippen LogP contribution in [0.15, 0.2) is 36.4 Å². The number of hydrogen-bond acceptors (Lipinski definition) is 8. The van der Waals surface area contributed by atoms with E-state index in [4.69, 9.17) is 14.2 Å². The Kier molecular flexibility index (Phi) is 6.45. The molecule has 4 rings (SSSR count). The second kappa shape index (κ2) is 9.45. The van der Waals surface area contributed by atoms with Gasteiger partial charge in [0.1, 0.15) is 5.01 Å². The van der Waals surface area contributed by atoms with Crippen LogP contribution < -0.4 is 24.4 Å².